The van der Waals surface area contributed by atoms with Crippen molar-refractivity contribution in [3.05, 3.63) is 34.9 Å². The zero-order chi connectivity index (χ0) is 10.1. The van der Waals surface area contributed by atoms with Crippen molar-refractivity contribution in [2.75, 3.05) is 7.11 Å². The van der Waals surface area contributed by atoms with Crippen LogP contribution < -0.4 is 0 Å². The summed E-state index contributed by atoms with van der Waals surface area (Å²) < 4.78 is 5.25. The van der Waals surface area contributed by atoms with Crippen LogP contribution in [0, 0.1) is 0 Å². The standard InChI is InChI=1S/C11H12O3/c1-14-10-5-7-2-3-8(11(12)13)4-9(7)6-10/h2-4,10H,5-6H2,1H3,(H,12,13). The molecule has 74 valence electrons. The Labute approximate surface area is 82.3 Å². The largest absolute Gasteiger partial charge is 0.478 e. The summed E-state index contributed by atoms with van der Waals surface area (Å²) in [5, 5.41) is 8.81. The summed E-state index contributed by atoms with van der Waals surface area (Å²) in [6, 6.07) is 5.29. The number of aromatic carboxylic acids is 1. The highest BCUT2D eigenvalue weighted by Gasteiger charge is 2.21. The van der Waals surface area contributed by atoms with Crippen LogP contribution in [-0.4, -0.2) is 24.3 Å². The van der Waals surface area contributed by atoms with Gasteiger partial charge in [0.1, 0.15) is 0 Å². The molecule has 1 aromatic carbocycles. The third-order valence-corrected chi connectivity index (χ3v) is 2.68. The van der Waals surface area contributed by atoms with Gasteiger partial charge in [0.2, 0.25) is 0 Å². The topological polar surface area (TPSA) is 46.5 Å². The molecule has 3 heteroatoms. The second kappa shape index (κ2) is 3.42. The lowest BCUT2D eigenvalue weighted by molar-refractivity contribution is 0.0696. The van der Waals surface area contributed by atoms with Crippen LogP contribution in [0.1, 0.15) is 21.5 Å². The quantitative estimate of drug-likeness (QED) is 0.772. The van der Waals surface area contributed by atoms with Crippen molar-refractivity contribution < 1.29 is 14.6 Å². The molecule has 0 fully saturated rings. The van der Waals surface area contributed by atoms with Crippen LogP contribution in [-0.2, 0) is 17.6 Å². The maximum absolute atomic E-state index is 10.7. The normalized spacial score (nSPS) is 19.4. The van der Waals surface area contributed by atoms with Crippen LogP contribution >= 0.6 is 0 Å². The van der Waals surface area contributed by atoms with E-state index in [0.717, 1.165) is 18.4 Å². The minimum Gasteiger partial charge on any atom is -0.478 e. The molecule has 0 aromatic heterocycles. The van der Waals surface area contributed by atoms with Gasteiger partial charge in [-0.1, -0.05) is 6.07 Å². The molecule has 0 radical (unpaired) electrons. The van der Waals surface area contributed by atoms with Crippen LogP contribution in [0.2, 0.25) is 0 Å². The second-order valence-electron chi connectivity index (χ2n) is 3.55. The highest BCUT2D eigenvalue weighted by Crippen LogP contribution is 2.24. The van der Waals surface area contributed by atoms with Gasteiger partial charge in [0.05, 0.1) is 11.7 Å². The third kappa shape index (κ3) is 1.51. The van der Waals surface area contributed by atoms with E-state index in [1.54, 1.807) is 19.2 Å². The molecule has 1 atom stereocenters. The number of benzene rings is 1. The van der Waals surface area contributed by atoms with Gasteiger partial charge in [-0.25, -0.2) is 4.79 Å². The molecule has 0 amide bonds. The molecule has 3 nitrogen and oxygen atoms in total. The summed E-state index contributed by atoms with van der Waals surface area (Å²) in [5.41, 5.74) is 2.68. The lowest BCUT2D eigenvalue weighted by atomic mass is 10.1. The Morgan fingerprint density at radius 1 is 1.43 bits per heavy atom. The Morgan fingerprint density at radius 2 is 2.14 bits per heavy atom. The molecule has 0 bridgehead atoms. The van der Waals surface area contributed by atoms with E-state index in [1.807, 2.05) is 6.07 Å². The third-order valence-electron chi connectivity index (χ3n) is 2.68. The molecule has 1 aliphatic carbocycles. The van der Waals surface area contributed by atoms with Crippen molar-refractivity contribution in [3.63, 3.8) is 0 Å². The Kier molecular flexibility index (Phi) is 2.25. The number of hydrogen-bond acceptors (Lipinski definition) is 2. The van der Waals surface area contributed by atoms with Gasteiger partial charge in [0.25, 0.3) is 0 Å². The SMILES string of the molecule is COC1Cc2ccc(C(=O)O)cc2C1. The van der Waals surface area contributed by atoms with Crippen LogP contribution in [0.5, 0.6) is 0 Å². The van der Waals surface area contributed by atoms with Gasteiger partial charge in [0.15, 0.2) is 0 Å². The van der Waals surface area contributed by atoms with Crippen molar-refractivity contribution in [2.24, 2.45) is 0 Å². The first kappa shape index (κ1) is 9.21. The highest BCUT2D eigenvalue weighted by molar-refractivity contribution is 5.88. The van der Waals surface area contributed by atoms with E-state index in [1.165, 1.54) is 5.56 Å². The Balaban J connectivity index is 2.31. The predicted octanol–water partition coefficient (Wildman–Crippen LogP) is 1.50. The summed E-state index contributed by atoms with van der Waals surface area (Å²) in [4.78, 5) is 10.7. The number of hydrogen-bond donors (Lipinski definition) is 1. The van der Waals surface area contributed by atoms with Gasteiger partial charge in [-0.05, 0) is 36.1 Å². The predicted molar refractivity (Wildman–Crippen MR) is 51.6 cm³/mol. The summed E-state index contributed by atoms with van der Waals surface area (Å²) in [6.07, 6.45) is 1.94. The van der Waals surface area contributed by atoms with E-state index in [2.05, 4.69) is 0 Å². The minimum absolute atomic E-state index is 0.217. The number of rotatable bonds is 2. The van der Waals surface area contributed by atoms with Crippen molar-refractivity contribution in [2.45, 2.75) is 18.9 Å². The van der Waals surface area contributed by atoms with Crippen molar-refractivity contribution >= 4 is 5.97 Å². The number of fused-ring (bicyclic) bond motifs is 1. The maximum atomic E-state index is 10.7. The molecule has 0 aliphatic heterocycles. The molecule has 14 heavy (non-hydrogen) atoms. The average molecular weight is 192 g/mol. The monoisotopic (exact) mass is 192 g/mol. The number of ether oxygens (including phenoxy) is 1. The lowest BCUT2D eigenvalue weighted by Gasteiger charge is -2.03. The fourth-order valence-electron chi connectivity index (χ4n) is 1.88. The van der Waals surface area contributed by atoms with Gasteiger partial charge in [-0.2, -0.15) is 0 Å². The van der Waals surface area contributed by atoms with Crippen molar-refractivity contribution in [1.29, 1.82) is 0 Å². The van der Waals surface area contributed by atoms with E-state index < -0.39 is 5.97 Å². The van der Waals surface area contributed by atoms with Gasteiger partial charge in [-0.15, -0.1) is 0 Å². The number of carbonyl (C=O) groups is 1. The van der Waals surface area contributed by atoms with Gasteiger partial charge < -0.3 is 9.84 Å². The average Bonchev–Trinajstić information content (AvgIpc) is 2.58. The molecular weight excluding hydrogens is 180 g/mol. The summed E-state index contributed by atoms with van der Waals surface area (Å²) in [7, 11) is 1.69. The molecule has 1 unspecified atom stereocenters. The van der Waals surface area contributed by atoms with Gasteiger partial charge in [-0.3, -0.25) is 0 Å². The van der Waals surface area contributed by atoms with Gasteiger partial charge >= 0.3 is 5.97 Å². The summed E-state index contributed by atoms with van der Waals surface area (Å²) >= 11 is 0. The Morgan fingerprint density at radius 3 is 2.79 bits per heavy atom. The Hall–Kier alpha value is -1.35. The zero-order valence-electron chi connectivity index (χ0n) is 7.99. The number of methoxy groups -OCH3 is 1. The lowest BCUT2D eigenvalue weighted by Crippen LogP contribution is -2.08. The van der Waals surface area contributed by atoms with E-state index in [-0.39, 0.29) is 6.10 Å². The van der Waals surface area contributed by atoms with Crippen LogP contribution in [0.4, 0.5) is 0 Å². The van der Waals surface area contributed by atoms with E-state index in [0.29, 0.717) is 5.56 Å². The van der Waals surface area contributed by atoms with Crippen LogP contribution in [0.3, 0.4) is 0 Å². The number of carboxylic acid groups (broad SMARTS) is 1. The molecule has 0 saturated heterocycles. The van der Waals surface area contributed by atoms with E-state index in [9.17, 15) is 4.79 Å². The van der Waals surface area contributed by atoms with E-state index in [4.69, 9.17) is 9.84 Å². The van der Waals surface area contributed by atoms with E-state index >= 15 is 0 Å². The fourth-order valence-corrected chi connectivity index (χ4v) is 1.88. The Bertz CT molecular complexity index is 371. The second-order valence-corrected chi connectivity index (χ2v) is 3.55. The molecule has 1 aromatic rings. The first-order valence-corrected chi connectivity index (χ1v) is 4.58. The van der Waals surface area contributed by atoms with Crippen molar-refractivity contribution in [1.82, 2.24) is 0 Å². The zero-order valence-corrected chi connectivity index (χ0v) is 7.99. The summed E-state index contributed by atoms with van der Waals surface area (Å²) in [6.45, 7) is 0. The molecule has 1 N–H and O–H groups in total. The van der Waals surface area contributed by atoms with Crippen LogP contribution in [0.15, 0.2) is 18.2 Å². The first-order valence-electron chi connectivity index (χ1n) is 4.58. The molecule has 0 saturated carbocycles. The maximum Gasteiger partial charge on any atom is 0.335 e. The highest BCUT2D eigenvalue weighted by atomic mass is 16.5. The molecule has 0 heterocycles. The number of carboxylic acids is 1. The first-order chi connectivity index (χ1) is 6.70. The minimum atomic E-state index is -0.867. The smallest absolute Gasteiger partial charge is 0.335 e. The molecule has 0 spiro atoms. The molecule has 1 aliphatic rings. The summed E-state index contributed by atoms with van der Waals surface area (Å²) in [5.74, 6) is -0.867. The van der Waals surface area contributed by atoms with Crippen molar-refractivity contribution in [3.8, 4) is 0 Å². The van der Waals surface area contributed by atoms with Crippen LogP contribution in [0.25, 0.3) is 0 Å². The molecular formula is C11H12O3. The molecule has 2 rings (SSSR count). The van der Waals surface area contributed by atoms with Gasteiger partial charge in [0, 0.05) is 7.11 Å². The fraction of sp³-hybridized carbons (Fsp3) is 0.364.